The lowest BCUT2D eigenvalue weighted by Crippen LogP contribution is -2.22. The second kappa shape index (κ2) is 10.7. The summed E-state index contributed by atoms with van der Waals surface area (Å²) in [6, 6.07) is 16.8. The van der Waals surface area contributed by atoms with E-state index in [2.05, 4.69) is 15.6 Å². The van der Waals surface area contributed by atoms with Crippen LogP contribution < -0.4 is 10.6 Å². The number of carboxylic acids is 1. The molecule has 3 rings (SSSR count). The van der Waals surface area contributed by atoms with Crippen molar-refractivity contribution < 1.29 is 19.5 Å². The molecule has 0 aliphatic carbocycles. The van der Waals surface area contributed by atoms with Crippen LogP contribution >= 0.6 is 23.1 Å². The van der Waals surface area contributed by atoms with Gasteiger partial charge < -0.3 is 15.7 Å². The van der Waals surface area contributed by atoms with E-state index in [9.17, 15) is 14.4 Å². The summed E-state index contributed by atoms with van der Waals surface area (Å²) in [6.45, 7) is 3.79. The van der Waals surface area contributed by atoms with Crippen molar-refractivity contribution in [2.45, 2.75) is 24.0 Å². The second-order valence-electron chi connectivity index (χ2n) is 6.72. The predicted molar refractivity (Wildman–Crippen MR) is 128 cm³/mol. The lowest BCUT2D eigenvalue weighted by molar-refractivity contribution is -0.131. The van der Waals surface area contributed by atoms with E-state index in [-0.39, 0.29) is 11.2 Å². The monoisotopic (exact) mass is 467 g/mol. The molecule has 7 nitrogen and oxygen atoms in total. The molecule has 3 aromatic rings. The maximum Gasteiger partial charge on any atom is 0.328 e. The fraction of sp³-hybridized carbons (Fsp3) is 0.130. The molecule has 32 heavy (non-hydrogen) atoms. The highest BCUT2D eigenvalue weighted by molar-refractivity contribution is 8.00. The van der Waals surface area contributed by atoms with E-state index in [1.165, 1.54) is 23.1 Å². The van der Waals surface area contributed by atoms with Crippen LogP contribution in [0.5, 0.6) is 0 Å². The van der Waals surface area contributed by atoms with Gasteiger partial charge in [0.15, 0.2) is 5.13 Å². The Bertz CT molecular complexity index is 1140. The van der Waals surface area contributed by atoms with E-state index < -0.39 is 11.9 Å². The molecule has 2 aromatic carbocycles. The van der Waals surface area contributed by atoms with Crippen molar-refractivity contribution in [1.29, 1.82) is 0 Å². The van der Waals surface area contributed by atoms with E-state index in [0.717, 1.165) is 33.2 Å². The van der Waals surface area contributed by atoms with Crippen LogP contribution in [0.2, 0.25) is 0 Å². The van der Waals surface area contributed by atoms with Crippen molar-refractivity contribution in [3.63, 3.8) is 0 Å². The Morgan fingerprint density at radius 1 is 1.03 bits per heavy atom. The van der Waals surface area contributed by atoms with Gasteiger partial charge in [0.05, 0.1) is 10.9 Å². The quantitative estimate of drug-likeness (QED) is 0.324. The molecule has 0 saturated heterocycles. The van der Waals surface area contributed by atoms with Gasteiger partial charge in [0.2, 0.25) is 11.8 Å². The Kier molecular flexibility index (Phi) is 7.80. The number of aromatic nitrogens is 1. The van der Waals surface area contributed by atoms with Crippen LogP contribution in [0.15, 0.2) is 71.6 Å². The summed E-state index contributed by atoms with van der Waals surface area (Å²) >= 11 is 2.82. The number of aliphatic carboxylic acids is 1. The average Bonchev–Trinajstić information content (AvgIpc) is 3.14. The maximum absolute atomic E-state index is 12.6. The zero-order valence-electron chi connectivity index (χ0n) is 17.4. The van der Waals surface area contributed by atoms with E-state index in [1.54, 1.807) is 24.3 Å². The number of nitrogens with zero attached hydrogens (tertiary/aromatic N) is 1. The van der Waals surface area contributed by atoms with Gasteiger partial charge in [0.1, 0.15) is 0 Å². The van der Waals surface area contributed by atoms with Gasteiger partial charge >= 0.3 is 5.97 Å². The minimum Gasteiger partial charge on any atom is -0.478 e. The first-order chi connectivity index (χ1) is 15.3. The standard InChI is InChI=1S/C23H21N3O4S2/c1-14-21(16-6-4-3-5-7-16)25-23(32-14)26-22(30)15(2)31-18-10-8-17(9-11-18)24-19(27)12-13-20(28)29/h3-13,15H,1-2H3,(H,24,27)(H,28,29)(H,25,26,30)/b13-12+. The lowest BCUT2D eigenvalue weighted by atomic mass is 10.1. The number of amides is 2. The molecule has 164 valence electrons. The van der Waals surface area contributed by atoms with Gasteiger partial charge in [-0.15, -0.1) is 23.1 Å². The SMILES string of the molecule is Cc1sc(NC(=O)C(C)Sc2ccc(NC(=O)/C=C/C(=O)O)cc2)nc1-c1ccccc1. The summed E-state index contributed by atoms with van der Waals surface area (Å²) in [7, 11) is 0. The Morgan fingerprint density at radius 3 is 2.38 bits per heavy atom. The summed E-state index contributed by atoms with van der Waals surface area (Å²) in [6.07, 6.45) is 1.72. The number of hydrogen-bond acceptors (Lipinski definition) is 6. The van der Waals surface area contributed by atoms with Gasteiger partial charge in [-0.1, -0.05) is 30.3 Å². The van der Waals surface area contributed by atoms with Crippen LogP contribution in [0.1, 0.15) is 11.8 Å². The number of aryl methyl sites for hydroxylation is 1. The molecule has 1 atom stereocenters. The molecule has 1 heterocycles. The number of rotatable bonds is 8. The van der Waals surface area contributed by atoms with Crippen LogP contribution in [0.3, 0.4) is 0 Å². The van der Waals surface area contributed by atoms with Crippen molar-refractivity contribution in [1.82, 2.24) is 4.98 Å². The number of thiazole rings is 1. The van der Waals surface area contributed by atoms with Crippen molar-refractivity contribution in [2.75, 3.05) is 10.6 Å². The topological polar surface area (TPSA) is 108 Å². The number of hydrogen-bond donors (Lipinski definition) is 3. The fourth-order valence-corrected chi connectivity index (χ4v) is 4.43. The molecule has 0 saturated carbocycles. The Morgan fingerprint density at radius 2 is 1.72 bits per heavy atom. The third-order valence-corrected chi connectivity index (χ3v) is 6.25. The van der Waals surface area contributed by atoms with Gasteiger partial charge in [-0.2, -0.15) is 0 Å². The molecule has 0 aliphatic heterocycles. The van der Waals surface area contributed by atoms with Crippen molar-refractivity contribution >= 4 is 51.7 Å². The van der Waals surface area contributed by atoms with E-state index in [1.807, 2.05) is 44.2 Å². The molecular formula is C23H21N3O4S2. The summed E-state index contributed by atoms with van der Waals surface area (Å²) in [5, 5.41) is 14.2. The highest BCUT2D eigenvalue weighted by atomic mass is 32.2. The predicted octanol–water partition coefficient (Wildman–Crippen LogP) is 4.82. The molecule has 0 spiro atoms. The Balaban J connectivity index is 1.57. The largest absolute Gasteiger partial charge is 0.478 e. The minimum atomic E-state index is -1.19. The number of benzene rings is 2. The van der Waals surface area contributed by atoms with Crippen LogP contribution in [-0.2, 0) is 14.4 Å². The highest BCUT2D eigenvalue weighted by Gasteiger charge is 2.18. The van der Waals surface area contributed by atoms with Gasteiger partial charge in [-0.25, -0.2) is 9.78 Å². The molecule has 9 heteroatoms. The van der Waals surface area contributed by atoms with Crippen LogP contribution in [0, 0.1) is 6.92 Å². The zero-order valence-corrected chi connectivity index (χ0v) is 19.0. The summed E-state index contributed by atoms with van der Waals surface area (Å²) in [5.74, 6) is -1.88. The van der Waals surface area contributed by atoms with Gasteiger partial charge in [-0.05, 0) is 38.1 Å². The van der Waals surface area contributed by atoms with Gasteiger partial charge in [0, 0.05) is 33.2 Å². The second-order valence-corrected chi connectivity index (χ2v) is 9.34. The van der Waals surface area contributed by atoms with Gasteiger partial charge in [-0.3, -0.25) is 9.59 Å². The third-order valence-electron chi connectivity index (χ3n) is 4.26. The smallest absolute Gasteiger partial charge is 0.328 e. The molecule has 2 amide bonds. The summed E-state index contributed by atoms with van der Waals surface area (Å²) in [5.41, 5.74) is 2.40. The van der Waals surface area contributed by atoms with Gasteiger partial charge in [0.25, 0.3) is 0 Å². The highest BCUT2D eigenvalue weighted by Crippen LogP contribution is 2.31. The van der Waals surface area contributed by atoms with Crippen molar-refractivity contribution in [2.24, 2.45) is 0 Å². The summed E-state index contributed by atoms with van der Waals surface area (Å²) in [4.78, 5) is 41.2. The van der Waals surface area contributed by atoms with E-state index in [4.69, 9.17) is 5.11 Å². The first-order valence-electron chi connectivity index (χ1n) is 9.64. The summed E-state index contributed by atoms with van der Waals surface area (Å²) < 4.78 is 0. The van der Waals surface area contributed by atoms with Crippen LogP contribution in [0.4, 0.5) is 10.8 Å². The average molecular weight is 468 g/mol. The maximum atomic E-state index is 12.6. The molecular weight excluding hydrogens is 446 g/mol. The van der Waals surface area contributed by atoms with Crippen molar-refractivity contribution in [3.8, 4) is 11.3 Å². The minimum absolute atomic E-state index is 0.153. The Hall–Kier alpha value is -3.43. The number of carboxylic acid groups (broad SMARTS) is 1. The molecule has 1 aromatic heterocycles. The number of carbonyl (C=O) groups is 3. The molecule has 0 fully saturated rings. The molecule has 0 radical (unpaired) electrons. The van der Waals surface area contributed by atoms with E-state index >= 15 is 0 Å². The molecule has 0 bridgehead atoms. The first kappa shape index (κ1) is 23.2. The number of carbonyl (C=O) groups excluding carboxylic acids is 2. The first-order valence-corrected chi connectivity index (χ1v) is 11.3. The molecule has 3 N–H and O–H groups in total. The fourth-order valence-electron chi connectivity index (χ4n) is 2.73. The van der Waals surface area contributed by atoms with Crippen molar-refractivity contribution in [3.05, 3.63) is 71.6 Å². The van der Waals surface area contributed by atoms with Crippen LogP contribution in [-0.4, -0.2) is 33.1 Å². The normalized spacial score (nSPS) is 11.8. The zero-order chi connectivity index (χ0) is 23.1. The molecule has 1 unspecified atom stereocenters. The number of nitrogens with one attached hydrogen (secondary N) is 2. The number of anilines is 2. The lowest BCUT2D eigenvalue weighted by Gasteiger charge is -2.11. The number of thioether (sulfide) groups is 1. The third kappa shape index (κ3) is 6.53. The van der Waals surface area contributed by atoms with E-state index in [0.29, 0.717) is 10.8 Å². The Labute approximate surface area is 193 Å². The molecule has 0 aliphatic rings. The van der Waals surface area contributed by atoms with Crippen LogP contribution in [0.25, 0.3) is 11.3 Å².